The van der Waals surface area contributed by atoms with Crippen LogP contribution < -0.4 is 5.32 Å². The van der Waals surface area contributed by atoms with Crippen molar-refractivity contribution < 1.29 is 0 Å². The molecule has 0 aliphatic carbocycles. The summed E-state index contributed by atoms with van der Waals surface area (Å²) in [6.07, 6.45) is 4.45. The smallest absolute Gasteiger partial charge is 0.106 e. The maximum atomic E-state index is 4.25. The van der Waals surface area contributed by atoms with Crippen molar-refractivity contribution in [3.05, 3.63) is 28.5 Å². The van der Waals surface area contributed by atoms with E-state index >= 15 is 0 Å². The summed E-state index contributed by atoms with van der Waals surface area (Å²) in [5.74, 6) is 0. The van der Waals surface area contributed by atoms with Crippen molar-refractivity contribution in [3.63, 3.8) is 0 Å². The van der Waals surface area contributed by atoms with Crippen molar-refractivity contribution in [2.24, 2.45) is 0 Å². The standard InChI is InChI=1S/C12H18BrN3/c1-16(11-4-6-14-7-5-11)9-10-2-3-12(13)15-8-10/h2-3,8,11,14H,4-7,9H2,1H3. The number of aromatic nitrogens is 1. The molecule has 0 amide bonds. The van der Waals surface area contributed by atoms with Gasteiger partial charge in [-0.25, -0.2) is 4.98 Å². The predicted octanol–water partition coefficient (Wildman–Crippen LogP) is 2.03. The molecule has 4 heteroatoms. The monoisotopic (exact) mass is 283 g/mol. The van der Waals surface area contributed by atoms with E-state index in [9.17, 15) is 0 Å². The van der Waals surface area contributed by atoms with Crippen LogP contribution in [0.1, 0.15) is 18.4 Å². The summed E-state index contributed by atoms with van der Waals surface area (Å²) in [4.78, 5) is 6.69. The van der Waals surface area contributed by atoms with Crippen LogP contribution in [0.5, 0.6) is 0 Å². The van der Waals surface area contributed by atoms with Crippen LogP contribution in [-0.2, 0) is 6.54 Å². The Labute approximate surface area is 105 Å². The molecule has 88 valence electrons. The van der Waals surface area contributed by atoms with Gasteiger partial charge in [0.2, 0.25) is 0 Å². The van der Waals surface area contributed by atoms with Crippen LogP contribution in [0, 0.1) is 0 Å². The molecule has 0 atom stereocenters. The number of piperidine rings is 1. The summed E-state index contributed by atoms with van der Waals surface area (Å²) < 4.78 is 0.903. The van der Waals surface area contributed by atoms with Crippen LogP contribution in [0.2, 0.25) is 0 Å². The zero-order chi connectivity index (χ0) is 11.4. The van der Waals surface area contributed by atoms with E-state index in [1.165, 1.54) is 18.4 Å². The average Bonchev–Trinajstić information content (AvgIpc) is 2.33. The second kappa shape index (κ2) is 5.75. The highest BCUT2D eigenvalue weighted by atomic mass is 79.9. The first-order valence-corrected chi connectivity index (χ1v) is 6.56. The van der Waals surface area contributed by atoms with Gasteiger partial charge in [0, 0.05) is 18.8 Å². The van der Waals surface area contributed by atoms with Crippen LogP contribution in [0.3, 0.4) is 0 Å². The predicted molar refractivity (Wildman–Crippen MR) is 69.3 cm³/mol. The molecule has 1 fully saturated rings. The minimum atomic E-state index is 0.713. The average molecular weight is 284 g/mol. The van der Waals surface area contributed by atoms with E-state index in [1.54, 1.807) is 0 Å². The Balaban J connectivity index is 1.90. The molecule has 0 aromatic carbocycles. The van der Waals surface area contributed by atoms with E-state index in [0.29, 0.717) is 6.04 Å². The van der Waals surface area contributed by atoms with E-state index in [4.69, 9.17) is 0 Å². The summed E-state index contributed by atoms with van der Waals surface area (Å²) in [7, 11) is 2.21. The van der Waals surface area contributed by atoms with Crippen LogP contribution in [0.15, 0.2) is 22.9 Å². The highest BCUT2D eigenvalue weighted by Crippen LogP contribution is 2.14. The van der Waals surface area contributed by atoms with Crippen LogP contribution in [-0.4, -0.2) is 36.1 Å². The highest BCUT2D eigenvalue weighted by molar-refractivity contribution is 9.10. The molecule has 1 aromatic heterocycles. The van der Waals surface area contributed by atoms with Gasteiger partial charge in [0.1, 0.15) is 4.60 Å². The number of pyridine rings is 1. The van der Waals surface area contributed by atoms with Gasteiger partial charge in [-0.1, -0.05) is 6.07 Å². The first-order chi connectivity index (χ1) is 7.75. The molecule has 1 aliphatic heterocycles. The van der Waals surface area contributed by atoms with Crippen molar-refractivity contribution in [1.29, 1.82) is 0 Å². The van der Waals surface area contributed by atoms with Gasteiger partial charge in [-0.3, -0.25) is 4.90 Å². The maximum Gasteiger partial charge on any atom is 0.106 e. The van der Waals surface area contributed by atoms with Crippen molar-refractivity contribution in [1.82, 2.24) is 15.2 Å². The SMILES string of the molecule is CN(Cc1ccc(Br)nc1)C1CCNCC1. The topological polar surface area (TPSA) is 28.2 Å². The second-order valence-electron chi connectivity index (χ2n) is 4.39. The van der Waals surface area contributed by atoms with Gasteiger partial charge in [0.25, 0.3) is 0 Å². The molecule has 0 radical (unpaired) electrons. The quantitative estimate of drug-likeness (QED) is 0.861. The molecular weight excluding hydrogens is 266 g/mol. The van der Waals surface area contributed by atoms with Gasteiger partial charge >= 0.3 is 0 Å². The molecule has 1 N–H and O–H groups in total. The fourth-order valence-corrected chi connectivity index (χ4v) is 2.40. The largest absolute Gasteiger partial charge is 0.317 e. The second-order valence-corrected chi connectivity index (χ2v) is 5.20. The Morgan fingerprint density at radius 2 is 2.19 bits per heavy atom. The Morgan fingerprint density at radius 1 is 1.44 bits per heavy atom. The third-order valence-electron chi connectivity index (χ3n) is 3.15. The molecule has 0 bridgehead atoms. The lowest BCUT2D eigenvalue weighted by Crippen LogP contribution is -2.40. The molecular formula is C12H18BrN3. The number of nitrogens with one attached hydrogen (secondary N) is 1. The van der Waals surface area contributed by atoms with Gasteiger partial charge < -0.3 is 5.32 Å². The minimum absolute atomic E-state index is 0.713. The number of hydrogen-bond acceptors (Lipinski definition) is 3. The van der Waals surface area contributed by atoms with Gasteiger partial charge in [-0.05, 0) is 60.5 Å². The Morgan fingerprint density at radius 3 is 2.81 bits per heavy atom. The summed E-state index contributed by atoms with van der Waals surface area (Å²) in [5, 5.41) is 3.40. The van der Waals surface area contributed by atoms with Crippen molar-refractivity contribution in [3.8, 4) is 0 Å². The maximum absolute atomic E-state index is 4.25. The van der Waals surface area contributed by atoms with Gasteiger partial charge in [-0.2, -0.15) is 0 Å². The molecule has 0 saturated carbocycles. The first-order valence-electron chi connectivity index (χ1n) is 5.77. The summed E-state index contributed by atoms with van der Waals surface area (Å²) in [6, 6.07) is 4.85. The zero-order valence-electron chi connectivity index (χ0n) is 9.62. The summed E-state index contributed by atoms with van der Waals surface area (Å²) in [6.45, 7) is 3.28. The Hall–Kier alpha value is -0.450. The molecule has 1 saturated heterocycles. The molecule has 16 heavy (non-hydrogen) atoms. The molecule has 2 rings (SSSR count). The minimum Gasteiger partial charge on any atom is -0.317 e. The van der Waals surface area contributed by atoms with E-state index in [1.807, 2.05) is 12.3 Å². The van der Waals surface area contributed by atoms with Gasteiger partial charge in [0.15, 0.2) is 0 Å². The van der Waals surface area contributed by atoms with Crippen molar-refractivity contribution in [2.75, 3.05) is 20.1 Å². The fraction of sp³-hybridized carbons (Fsp3) is 0.583. The number of halogens is 1. The lowest BCUT2D eigenvalue weighted by Gasteiger charge is -2.31. The Kier molecular flexibility index (Phi) is 4.32. The molecule has 2 heterocycles. The zero-order valence-corrected chi connectivity index (χ0v) is 11.2. The summed E-state index contributed by atoms with van der Waals surface area (Å²) >= 11 is 3.36. The normalized spacial score (nSPS) is 17.9. The van der Waals surface area contributed by atoms with Gasteiger partial charge in [0.05, 0.1) is 0 Å². The van der Waals surface area contributed by atoms with E-state index in [2.05, 4.69) is 44.2 Å². The van der Waals surface area contributed by atoms with Crippen LogP contribution in [0.25, 0.3) is 0 Å². The van der Waals surface area contributed by atoms with Crippen molar-refractivity contribution in [2.45, 2.75) is 25.4 Å². The molecule has 0 unspecified atom stereocenters. The van der Waals surface area contributed by atoms with E-state index in [0.717, 1.165) is 24.2 Å². The summed E-state index contributed by atoms with van der Waals surface area (Å²) in [5.41, 5.74) is 1.28. The third kappa shape index (κ3) is 3.27. The van der Waals surface area contributed by atoms with E-state index in [-0.39, 0.29) is 0 Å². The molecule has 1 aromatic rings. The molecule has 0 spiro atoms. The van der Waals surface area contributed by atoms with Crippen LogP contribution >= 0.6 is 15.9 Å². The van der Waals surface area contributed by atoms with Crippen LogP contribution in [0.4, 0.5) is 0 Å². The first kappa shape index (κ1) is 12.0. The third-order valence-corrected chi connectivity index (χ3v) is 3.62. The lowest BCUT2D eigenvalue weighted by atomic mass is 10.0. The highest BCUT2D eigenvalue weighted by Gasteiger charge is 2.17. The number of nitrogens with zero attached hydrogens (tertiary/aromatic N) is 2. The lowest BCUT2D eigenvalue weighted by molar-refractivity contribution is 0.191. The number of rotatable bonds is 3. The molecule has 3 nitrogen and oxygen atoms in total. The van der Waals surface area contributed by atoms with Crippen molar-refractivity contribution >= 4 is 15.9 Å². The fourth-order valence-electron chi connectivity index (χ4n) is 2.16. The van der Waals surface area contributed by atoms with Gasteiger partial charge in [-0.15, -0.1) is 0 Å². The number of hydrogen-bond donors (Lipinski definition) is 1. The van der Waals surface area contributed by atoms with E-state index < -0.39 is 0 Å². The Bertz CT molecular complexity index is 320. The molecule has 1 aliphatic rings.